The van der Waals surface area contributed by atoms with Gasteiger partial charge in [-0.1, -0.05) is 19.1 Å². The van der Waals surface area contributed by atoms with E-state index in [1.165, 1.54) is 12.1 Å². The number of aromatic carboxylic acids is 1. The number of carbonyl (C=O) groups is 1. The van der Waals surface area contributed by atoms with Crippen molar-refractivity contribution < 1.29 is 14.3 Å². The molecule has 0 radical (unpaired) electrons. The minimum atomic E-state index is -1.13. The molecule has 4 heteroatoms. The van der Waals surface area contributed by atoms with Gasteiger partial charge in [0.15, 0.2) is 0 Å². The molecule has 0 saturated heterocycles. The van der Waals surface area contributed by atoms with Crippen molar-refractivity contribution in [2.75, 3.05) is 5.75 Å². The van der Waals surface area contributed by atoms with Gasteiger partial charge in [0.05, 0.1) is 5.56 Å². The van der Waals surface area contributed by atoms with E-state index in [2.05, 4.69) is 6.92 Å². The summed E-state index contributed by atoms with van der Waals surface area (Å²) in [5.41, 5.74) is 1.34. The lowest BCUT2D eigenvalue weighted by Crippen LogP contribution is -1.97. The quantitative estimate of drug-likeness (QED) is 0.846. The Balaban J connectivity index is 2.38. The molecule has 19 heavy (non-hydrogen) atoms. The third-order valence-electron chi connectivity index (χ3n) is 2.64. The van der Waals surface area contributed by atoms with Crippen molar-refractivity contribution in [3.05, 3.63) is 53.8 Å². The van der Waals surface area contributed by atoms with Crippen molar-refractivity contribution >= 4 is 17.7 Å². The number of hydrogen-bond donors (Lipinski definition) is 1. The third-order valence-corrected chi connectivity index (χ3v) is 3.54. The Bertz CT molecular complexity index is 594. The highest BCUT2D eigenvalue weighted by atomic mass is 32.2. The predicted molar refractivity (Wildman–Crippen MR) is 75.2 cm³/mol. The largest absolute Gasteiger partial charge is 0.478 e. The van der Waals surface area contributed by atoms with Crippen molar-refractivity contribution in [2.45, 2.75) is 11.8 Å². The maximum Gasteiger partial charge on any atom is 0.335 e. The molecule has 0 aliphatic rings. The summed E-state index contributed by atoms with van der Waals surface area (Å²) in [4.78, 5) is 12.0. The fourth-order valence-corrected chi connectivity index (χ4v) is 2.45. The molecule has 2 aromatic rings. The van der Waals surface area contributed by atoms with Crippen LogP contribution in [-0.4, -0.2) is 16.8 Å². The Morgan fingerprint density at radius 2 is 1.84 bits per heavy atom. The molecule has 0 heterocycles. The van der Waals surface area contributed by atoms with Gasteiger partial charge in [-0.15, -0.1) is 11.8 Å². The fourth-order valence-electron chi connectivity index (χ4n) is 1.79. The highest BCUT2D eigenvalue weighted by Gasteiger charge is 2.08. The van der Waals surface area contributed by atoms with Crippen LogP contribution in [0.2, 0.25) is 0 Å². The molecule has 0 atom stereocenters. The second kappa shape index (κ2) is 5.89. The van der Waals surface area contributed by atoms with Crippen LogP contribution in [0.1, 0.15) is 17.3 Å². The van der Waals surface area contributed by atoms with Crippen LogP contribution in [0.25, 0.3) is 11.1 Å². The number of hydrogen-bond acceptors (Lipinski definition) is 2. The zero-order valence-corrected chi connectivity index (χ0v) is 11.2. The van der Waals surface area contributed by atoms with E-state index in [1.54, 1.807) is 11.8 Å². The second-order valence-electron chi connectivity index (χ2n) is 3.99. The summed E-state index contributed by atoms with van der Waals surface area (Å²) in [5.74, 6) is -0.677. The first kappa shape index (κ1) is 13.6. The third kappa shape index (κ3) is 3.35. The highest BCUT2D eigenvalue weighted by Crippen LogP contribution is 2.25. The van der Waals surface area contributed by atoms with Gasteiger partial charge in [0.25, 0.3) is 0 Å². The van der Waals surface area contributed by atoms with Crippen LogP contribution in [0.3, 0.4) is 0 Å². The Labute approximate surface area is 115 Å². The van der Waals surface area contributed by atoms with Crippen LogP contribution in [0.5, 0.6) is 0 Å². The fraction of sp³-hybridized carbons (Fsp3) is 0.133. The number of benzene rings is 2. The Kier molecular flexibility index (Phi) is 4.22. The maximum absolute atomic E-state index is 13.4. The predicted octanol–water partition coefficient (Wildman–Crippen LogP) is 4.30. The van der Waals surface area contributed by atoms with Gasteiger partial charge in [-0.3, -0.25) is 0 Å². The number of thioether (sulfide) groups is 1. The average Bonchev–Trinajstić information content (AvgIpc) is 2.39. The van der Waals surface area contributed by atoms with Crippen LogP contribution in [-0.2, 0) is 0 Å². The van der Waals surface area contributed by atoms with Crippen molar-refractivity contribution in [2.24, 2.45) is 0 Å². The van der Waals surface area contributed by atoms with Crippen LogP contribution >= 0.6 is 11.8 Å². The standard InChI is InChI=1S/C15H13FO2S/c1-2-19-14-5-3-10(4-6-14)11-7-12(15(17)18)9-13(16)8-11/h3-9H,2H2,1H3,(H,17,18). The Morgan fingerprint density at radius 1 is 1.16 bits per heavy atom. The van der Waals surface area contributed by atoms with E-state index in [9.17, 15) is 9.18 Å². The van der Waals surface area contributed by atoms with E-state index < -0.39 is 11.8 Å². The molecule has 0 aliphatic carbocycles. The molecule has 0 amide bonds. The number of halogens is 1. The molecule has 1 N–H and O–H groups in total. The summed E-state index contributed by atoms with van der Waals surface area (Å²) in [6.07, 6.45) is 0. The van der Waals surface area contributed by atoms with E-state index in [-0.39, 0.29) is 5.56 Å². The molecule has 2 rings (SSSR count). The van der Waals surface area contributed by atoms with Gasteiger partial charge in [0, 0.05) is 4.90 Å². The summed E-state index contributed by atoms with van der Waals surface area (Å²) >= 11 is 1.72. The molecule has 0 aliphatic heterocycles. The van der Waals surface area contributed by atoms with Crippen molar-refractivity contribution in [3.8, 4) is 11.1 Å². The van der Waals surface area contributed by atoms with Crippen LogP contribution in [0.4, 0.5) is 4.39 Å². The van der Waals surface area contributed by atoms with Gasteiger partial charge in [-0.05, 0) is 47.2 Å². The van der Waals surface area contributed by atoms with Gasteiger partial charge in [-0.2, -0.15) is 0 Å². The molecule has 0 fully saturated rings. The van der Waals surface area contributed by atoms with E-state index in [1.807, 2.05) is 24.3 Å². The van der Waals surface area contributed by atoms with Crippen LogP contribution in [0, 0.1) is 5.82 Å². The molecular weight excluding hydrogens is 263 g/mol. The van der Waals surface area contributed by atoms with Gasteiger partial charge in [0.1, 0.15) is 5.82 Å². The van der Waals surface area contributed by atoms with E-state index in [4.69, 9.17) is 5.11 Å². The molecule has 0 aromatic heterocycles. The topological polar surface area (TPSA) is 37.3 Å². The molecule has 0 spiro atoms. The Morgan fingerprint density at radius 3 is 2.42 bits per heavy atom. The summed E-state index contributed by atoms with van der Waals surface area (Å²) in [7, 11) is 0. The summed E-state index contributed by atoms with van der Waals surface area (Å²) in [5, 5.41) is 8.92. The molecular formula is C15H13FO2S. The summed E-state index contributed by atoms with van der Waals surface area (Å²) in [6, 6.07) is 11.5. The monoisotopic (exact) mass is 276 g/mol. The smallest absolute Gasteiger partial charge is 0.335 e. The van der Waals surface area contributed by atoms with Crippen molar-refractivity contribution in [3.63, 3.8) is 0 Å². The lowest BCUT2D eigenvalue weighted by Gasteiger charge is -2.05. The Hall–Kier alpha value is -1.81. The SMILES string of the molecule is CCSc1ccc(-c2cc(F)cc(C(=O)O)c2)cc1. The van der Waals surface area contributed by atoms with Gasteiger partial charge < -0.3 is 5.11 Å². The first-order valence-corrected chi connectivity index (χ1v) is 6.86. The van der Waals surface area contributed by atoms with Gasteiger partial charge in [0.2, 0.25) is 0 Å². The zero-order chi connectivity index (χ0) is 13.8. The van der Waals surface area contributed by atoms with Gasteiger partial charge in [-0.25, -0.2) is 9.18 Å². The van der Waals surface area contributed by atoms with E-state index in [0.717, 1.165) is 22.3 Å². The minimum absolute atomic E-state index is 0.0398. The second-order valence-corrected chi connectivity index (χ2v) is 5.33. The number of carboxylic acids is 1. The van der Waals surface area contributed by atoms with Crippen molar-refractivity contribution in [1.29, 1.82) is 0 Å². The van der Waals surface area contributed by atoms with Crippen molar-refractivity contribution in [1.82, 2.24) is 0 Å². The lowest BCUT2D eigenvalue weighted by atomic mass is 10.0. The van der Waals surface area contributed by atoms with Crippen LogP contribution in [0.15, 0.2) is 47.4 Å². The highest BCUT2D eigenvalue weighted by molar-refractivity contribution is 7.99. The zero-order valence-electron chi connectivity index (χ0n) is 10.4. The molecule has 0 saturated carbocycles. The number of rotatable bonds is 4. The first-order chi connectivity index (χ1) is 9.10. The minimum Gasteiger partial charge on any atom is -0.478 e. The van der Waals surface area contributed by atoms with E-state index in [0.29, 0.717) is 5.56 Å². The molecule has 0 unspecified atom stereocenters. The van der Waals surface area contributed by atoms with Crippen LogP contribution < -0.4 is 0 Å². The van der Waals surface area contributed by atoms with Gasteiger partial charge >= 0.3 is 5.97 Å². The molecule has 2 nitrogen and oxygen atoms in total. The molecule has 98 valence electrons. The van der Waals surface area contributed by atoms with E-state index >= 15 is 0 Å². The lowest BCUT2D eigenvalue weighted by molar-refractivity contribution is 0.0696. The maximum atomic E-state index is 13.4. The summed E-state index contributed by atoms with van der Waals surface area (Å²) in [6.45, 7) is 2.07. The first-order valence-electron chi connectivity index (χ1n) is 5.87. The normalized spacial score (nSPS) is 10.4. The summed E-state index contributed by atoms with van der Waals surface area (Å²) < 4.78 is 13.4. The molecule has 0 bridgehead atoms. The number of carboxylic acid groups (broad SMARTS) is 1. The molecule has 2 aromatic carbocycles. The average molecular weight is 276 g/mol.